The molecule has 0 saturated heterocycles. The second-order valence-electron chi connectivity index (χ2n) is 7.38. The molecule has 4 rings (SSSR count). The van der Waals surface area contributed by atoms with Crippen LogP contribution >= 0.6 is 23.7 Å². The molecule has 0 saturated carbocycles. The van der Waals surface area contributed by atoms with Crippen LogP contribution in [0, 0.1) is 0 Å². The number of nitrogens with two attached hydrogens (primary N) is 2. The number of nitrogens with one attached hydrogen (secondary N) is 1. The first kappa shape index (κ1) is 23.6. The minimum Gasteiger partial charge on any atom is -0.477 e. The number of aromatic nitrogens is 1. The number of pyridine rings is 1. The van der Waals surface area contributed by atoms with Crippen molar-refractivity contribution >= 4 is 41.1 Å². The Balaban J connectivity index is 1.82. The van der Waals surface area contributed by atoms with Gasteiger partial charge in [-0.3, -0.25) is 10.1 Å². The van der Waals surface area contributed by atoms with Gasteiger partial charge in [0.1, 0.15) is 5.70 Å². The normalized spacial score (nSPS) is 16.4. The number of carbonyl (C=O) groups is 1. The summed E-state index contributed by atoms with van der Waals surface area (Å²) in [7, 11) is 0. The van der Waals surface area contributed by atoms with E-state index in [4.69, 9.17) is 15.9 Å². The maximum Gasteiger partial charge on any atom is 0.352 e. The van der Waals surface area contributed by atoms with Crippen LogP contribution in [0.25, 0.3) is 5.70 Å². The molecular weight excluding hydrogens is 466 g/mol. The Hall–Kier alpha value is -3.53. The fraction of sp³-hybridized carbons (Fsp3) is 0.0800. The Morgan fingerprint density at radius 3 is 2.38 bits per heavy atom. The second-order valence-corrected chi connectivity index (χ2v) is 9.04. The molecule has 172 valence electrons. The van der Waals surface area contributed by atoms with Gasteiger partial charge in [0, 0.05) is 46.0 Å². The van der Waals surface area contributed by atoms with E-state index in [-0.39, 0.29) is 5.70 Å². The summed E-state index contributed by atoms with van der Waals surface area (Å²) in [6, 6.07) is 21.5. The van der Waals surface area contributed by atoms with Crippen molar-refractivity contribution in [3.05, 3.63) is 112 Å². The van der Waals surface area contributed by atoms with Crippen LogP contribution in [-0.2, 0) is 11.2 Å². The monoisotopic (exact) mass is 489 g/mol. The molecule has 1 atom stereocenters. The van der Waals surface area contributed by atoms with Crippen LogP contribution in [0.1, 0.15) is 16.7 Å². The van der Waals surface area contributed by atoms with E-state index < -0.39 is 11.5 Å². The number of carboxylic acid groups (broad SMARTS) is 1. The molecule has 0 spiro atoms. The summed E-state index contributed by atoms with van der Waals surface area (Å²) < 4.78 is 0. The van der Waals surface area contributed by atoms with Crippen LogP contribution in [0.2, 0.25) is 0 Å². The molecule has 2 aromatic carbocycles. The summed E-state index contributed by atoms with van der Waals surface area (Å²) in [5.74, 6) is -1.02. The van der Waals surface area contributed by atoms with Gasteiger partial charge in [-0.05, 0) is 47.3 Å². The minimum atomic E-state index is -1.02. The molecule has 0 radical (unpaired) electrons. The molecule has 1 aromatic heterocycles. The smallest absolute Gasteiger partial charge is 0.352 e. The molecule has 0 bridgehead atoms. The molecule has 0 fully saturated rings. The van der Waals surface area contributed by atoms with E-state index in [0.717, 1.165) is 27.2 Å². The van der Waals surface area contributed by atoms with Crippen LogP contribution in [0.15, 0.2) is 106 Å². The summed E-state index contributed by atoms with van der Waals surface area (Å²) in [4.78, 5) is 21.4. The third-order valence-corrected chi connectivity index (χ3v) is 6.56. The van der Waals surface area contributed by atoms with Gasteiger partial charge in [0.25, 0.3) is 0 Å². The van der Waals surface area contributed by atoms with E-state index in [1.165, 1.54) is 23.7 Å². The predicted octanol–water partition coefficient (Wildman–Crippen LogP) is 4.00. The van der Waals surface area contributed by atoms with E-state index in [0.29, 0.717) is 17.8 Å². The fourth-order valence-electron chi connectivity index (χ4n) is 3.45. The van der Waals surface area contributed by atoms with Gasteiger partial charge in [-0.1, -0.05) is 54.2 Å². The van der Waals surface area contributed by atoms with E-state index >= 15 is 0 Å². The minimum absolute atomic E-state index is 0.115. The number of hydrogen-bond acceptors (Lipinski definition) is 8. The highest BCUT2D eigenvalue weighted by Gasteiger charge is 2.23. The number of carboxylic acids is 1. The summed E-state index contributed by atoms with van der Waals surface area (Å²) in [5.41, 5.74) is 11.2. The number of thioether (sulfide) groups is 1. The Morgan fingerprint density at radius 1 is 1.06 bits per heavy atom. The molecule has 7 nitrogen and oxygen atoms in total. The first-order valence-corrected chi connectivity index (χ1v) is 12.2. The molecule has 2 heterocycles. The third kappa shape index (κ3) is 5.69. The van der Waals surface area contributed by atoms with Gasteiger partial charge < -0.3 is 16.2 Å². The largest absolute Gasteiger partial charge is 0.477 e. The van der Waals surface area contributed by atoms with Crippen molar-refractivity contribution in [1.29, 1.82) is 0 Å². The second kappa shape index (κ2) is 11.1. The molecule has 0 amide bonds. The standard InChI is InChI=1S/C25H23N5O2S2/c26-22(17-4-2-1-3-5-17)20(14-16-6-8-19(34-27)9-7-16)23(18-10-12-28-13-11-18)30-25-29-21(15-33-25)24(31)32/h1-13,15,25,29H,14,26-27H2,(H,31,32). The number of aliphatic imine (C=N–C) groups is 1. The lowest BCUT2D eigenvalue weighted by molar-refractivity contribution is -0.133. The van der Waals surface area contributed by atoms with Crippen LogP contribution in [-0.4, -0.2) is 27.3 Å². The van der Waals surface area contributed by atoms with E-state index in [1.807, 2.05) is 66.7 Å². The highest BCUT2D eigenvalue weighted by Crippen LogP contribution is 2.27. The maximum absolute atomic E-state index is 11.4. The van der Waals surface area contributed by atoms with Gasteiger partial charge in [0.05, 0.1) is 5.71 Å². The molecule has 3 aromatic rings. The van der Waals surface area contributed by atoms with Gasteiger partial charge in [-0.15, -0.1) is 0 Å². The summed E-state index contributed by atoms with van der Waals surface area (Å²) in [6.07, 6.45) is 3.92. The zero-order chi connectivity index (χ0) is 23.9. The van der Waals surface area contributed by atoms with Crippen molar-refractivity contribution < 1.29 is 9.90 Å². The van der Waals surface area contributed by atoms with Crippen molar-refractivity contribution in [3.8, 4) is 0 Å². The fourth-order valence-corrected chi connectivity index (χ4v) is 4.54. The first-order chi connectivity index (χ1) is 16.5. The van der Waals surface area contributed by atoms with Crippen molar-refractivity contribution in [2.45, 2.75) is 16.8 Å². The number of aliphatic carboxylic acids is 1. The van der Waals surface area contributed by atoms with Crippen LogP contribution in [0.5, 0.6) is 0 Å². The van der Waals surface area contributed by atoms with Gasteiger partial charge >= 0.3 is 5.97 Å². The van der Waals surface area contributed by atoms with Crippen molar-refractivity contribution in [1.82, 2.24) is 10.3 Å². The molecule has 34 heavy (non-hydrogen) atoms. The Morgan fingerprint density at radius 2 is 1.76 bits per heavy atom. The SMILES string of the molecule is NSc1ccc(CC(C(=NC2NC(C(=O)O)=CS2)c2ccncc2)=C(N)c2ccccc2)cc1. The van der Waals surface area contributed by atoms with E-state index in [2.05, 4.69) is 10.3 Å². The van der Waals surface area contributed by atoms with E-state index in [1.54, 1.807) is 17.8 Å². The van der Waals surface area contributed by atoms with Crippen molar-refractivity contribution in [2.24, 2.45) is 15.9 Å². The van der Waals surface area contributed by atoms with Crippen LogP contribution in [0.3, 0.4) is 0 Å². The molecule has 1 aliphatic rings. The number of hydrogen-bond donors (Lipinski definition) is 4. The Kier molecular flexibility index (Phi) is 7.69. The highest BCUT2D eigenvalue weighted by molar-refractivity contribution is 8.03. The number of nitrogens with zero attached hydrogens (tertiary/aromatic N) is 2. The quantitative estimate of drug-likeness (QED) is 0.276. The molecule has 6 N–H and O–H groups in total. The van der Waals surface area contributed by atoms with E-state index in [9.17, 15) is 9.90 Å². The average Bonchev–Trinajstić information content (AvgIpc) is 3.36. The first-order valence-electron chi connectivity index (χ1n) is 10.4. The average molecular weight is 490 g/mol. The maximum atomic E-state index is 11.4. The van der Waals surface area contributed by atoms with Gasteiger partial charge in [0.15, 0.2) is 5.50 Å². The van der Waals surface area contributed by atoms with Crippen molar-refractivity contribution in [3.63, 3.8) is 0 Å². The lowest BCUT2D eigenvalue weighted by Gasteiger charge is -2.18. The third-order valence-electron chi connectivity index (χ3n) is 5.16. The molecular formula is C25H23N5O2S2. The highest BCUT2D eigenvalue weighted by atomic mass is 32.2. The zero-order valence-corrected chi connectivity index (χ0v) is 19.7. The predicted molar refractivity (Wildman–Crippen MR) is 139 cm³/mol. The lowest BCUT2D eigenvalue weighted by Crippen LogP contribution is -2.25. The van der Waals surface area contributed by atoms with Gasteiger partial charge in [0.2, 0.25) is 0 Å². The van der Waals surface area contributed by atoms with Crippen LogP contribution < -0.4 is 16.2 Å². The molecule has 1 unspecified atom stereocenters. The molecule has 0 aliphatic carbocycles. The Labute approximate surface area is 206 Å². The Bertz CT molecular complexity index is 1240. The molecule has 1 aliphatic heterocycles. The summed E-state index contributed by atoms with van der Waals surface area (Å²) in [5, 5.41) is 19.5. The summed E-state index contributed by atoms with van der Waals surface area (Å²) in [6.45, 7) is 0. The van der Waals surface area contributed by atoms with Gasteiger partial charge in [-0.2, -0.15) is 0 Å². The zero-order valence-electron chi connectivity index (χ0n) is 18.1. The van der Waals surface area contributed by atoms with Crippen molar-refractivity contribution in [2.75, 3.05) is 0 Å². The lowest BCUT2D eigenvalue weighted by atomic mass is 9.92. The number of benzene rings is 2. The van der Waals surface area contributed by atoms with Gasteiger partial charge in [-0.25, -0.2) is 9.79 Å². The topological polar surface area (TPSA) is 127 Å². The number of rotatable bonds is 8. The number of allylic oxidation sites excluding steroid dienone is 1. The molecule has 9 heteroatoms. The summed E-state index contributed by atoms with van der Waals surface area (Å²) >= 11 is 2.50. The van der Waals surface area contributed by atoms with Crippen LogP contribution in [0.4, 0.5) is 0 Å².